The van der Waals surface area contributed by atoms with Crippen molar-refractivity contribution in [1.29, 1.82) is 0 Å². The Morgan fingerprint density at radius 2 is 2.12 bits per heavy atom. The number of nitrogens with zero attached hydrogens (tertiary/aromatic N) is 2. The maximum atomic E-state index is 12.2. The Kier molecular flexibility index (Phi) is 6.01. The van der Waals surface area contributed by atoms with Crippen LogP contribution < -0.4 is 5.32 Å². The lowest BCUT2D eigenvalue weighted by Crippen LogP contribution is -2.47. The van der Waals surface area contributed by atoms with E-state index < -0.39 is 15.4 Å². The van der Waals surface area contributed by atoms with Gasteiger partial charge in [-0.15, -0.1) is 0 Å². The number of amides is 1. The number of sulfone groups is 1. The van der Waals surface area contributed by atoms with Crippen LogP contribution in [0.3, 0.4) is 0 Å². The Hall–Kier alpha value is -1.02. The smallest absolute Gasteiger partial charge is 0.230 e. The van der Waals surface area contributed by atoms with E-state index in [9.17, 15) is 13.2 Å². The van der Waals surface area contributed by atoms with Gasteiger partial charge in [-0.25, -0.2) is 13.4 Å². The molecule has 1 atom stereocenters. The number of thioether (sulfide) groups is 1. The maximum Gasteiger partial charge on any atom is 0.230 e. The van der Waals surface area contributed by atoms with Crippen molar-refractivity contribution in [1.82, 2.24) is 14.9 Å². The molecule has 2 heterocycles. The number of aromatic nitrogens is 2. The molecule has 24 heavy (non-hydrogen) atoms. The molecule has 1 aromatic rings. The SMILES string of the molecule is CCCCn1c(SCC(=O)N[C@]2(C)CCS(=O)(=O)C2)nc(C)c1C. The molecule has 0 spiro atoms. The first kappa shape index (κ1) is 19.3. The maximum absolute atomic E-state index is 12.2. The Bertz CT molecular complexity index is 712. The highest BCUT2D eigenvalue weighted by molar-refractivity contribution is 7.99. The fourth-order valence-corrected chi connectivity index (χ4v) is 5.94. The van der Waals surface area contributed by atoms with Crippen LogP contribution >= 0.6 is 11.8 Å². The van der Waals surface area contributed by atoms with E-state index in [1.807, 2.05) is 13.8 Å². The lowest BCUT2D eigenvalue weighted by Gasteiger charge is -2.23. The zero-order chi connectivity index (χ0) is 18.0. The summed E-state index contributed by atoms with van der Waals surface area (Å²) in [6.45, 7) is 8.88. The third kappa shape index (κ3) is 4.75. The van der Waals surface area contributed by atoms with E-state index in [0.29, 0.717) is 6.42 Å². The molecule has 1 saturated heterocycles. The van der Waals surface area contributed by atoms with E-state index in [4.69, 9.17) is 0 Å². The summed E-state index contributed by atoms with van der Waals surface area (Å²) in [6.07, 6.45) is 2.66. The highest BCUT2D eigenvalue weighted by Gasteiger charge is 2.39. The first-order valence-electron chi connectivity index (χ1n) is 8.34. The van der Waals surface area contributed by atoms with Gasteiger partial charge in [0.1, 0.15) is 0 Å². The summed E-state index contributed by atoms with van der Waals surface area (Å²) >= 11 is 1.41. The topological polar surface area (TPSA) is 81.1 Å². The first-order valence-corrected chi connectivity index (χ1v) is 11.1. The van der Waals surface area contributed by atoms with Crippen molar-refractivity contribution in [3.05, 3.63) is 11.4 Å². The number of unbranched alkanes of at least 4 members (excludes halogenated alkanes) is 1. The van der Waals surface area contributed by atoms with Gasteiger partial charge in [0.2, 0.25) is 5.91 Å². The predicted octanol–water partition coefficient (Wildman–Crippen LogP) is 2.09. The fourth-order valence-electron chi connectivity index (χ4n) is 2.93. The Balaban J connectivity index is 1.96. The van der Waals surface area contributed by atoms with Crippen LogP contribution in [0.5, 0.6) is 0 Å². The molecule has 6 nitrogen and oxygen atoms in total. The molecule has 0 aromatic carbocycles. The number of hydrogen-bond donors (Lipinski definition) is 1. The van der Waals surface area contributed by atoms with Crippen LogP contribution in [0.15, 0.2) is 5.16 Å². The molecule has 136 valence electrons. The van der Waals surface area contributed by atoms with Gasteiger partial charge in [0.15, 0.2) is 15.0 Å². The number of carbonyl (C=O) groups excluding carboxylic acids is 1. The van der Waals surface area contributed by atoms with Crippen LogP contribution in [0.25, 0.3) is 0 Å². The van der Waals surface area contributed by atoms with Crippen LogP contribution in [0.4, 0.5) is 0 Å². The average Bonchev–Trinajstić information content (AvgIpc) is 2.91. The minimum atomic E-state index is -3.02. The number of imidazole rings is 1. The van der Waals surface area contributed by atoms with Crippen molar-refractivity contribution in [2.45, 2.75) is 64.2 Å². The van der Waals surface area contributed by atoms with E-state index in [2.05, 4.69) is 21.8 Å². The highest BCUT2D eigenvalue weighted by Crippen LogP contribution is 2.25. The monoisotopic (exact) mass is 373 g/mol. The molecule has 1 aliphatic rings. The summed E-state index contributed by atoms with van der Waals surface area (Å²) in [6, 6.07) is 0. The summed E-state index contributed by atoms with van der Waals surface area (Å²) in [5.41, 5.74) is 1.49. The van der Waals surface area contributed by atoms with Gasteiger partial charge in [-0.2, -0.15) is 0 Å². The lowest BCUT2D eigenvalue weighted by molar-refractivity contribution is -0.120. The molecular formula is C16H27N3O3S2. The zero-order valence-corrected chi connectivity index (χ0v) is 16.5. The van der Waals surface area contributed by atoms with Gasteiger partial charge in [0.05, 0.1) is 28.5 Å². The van der Waals surface area contributed by atoms with Crippen molar-refractivity contribution >= 4 is 27.5 Å². The van der Waals surface area contributed by atoms with Crippen molar-refractivity contribution in [3.8, 4) is 0 Å². The van der Waals surface area contributed by atoms with Crippen molar-refractivity contribution < 1.29 is 13.2 Å². The van der Waals surface area contributed by atoms with Crippen LogP contribution in [-0.4, -0.2) is 46.7 Å². The molecule has 0 saturated carbocycles. The van der Waals surface area contributed by atoms with Gasteiger partial charge in [-0.1, -0.05) is 25.1 Å². The van der Waals surface area contributed by atoms with E-state index in [-0.39, 0.29) is 23.2 Å². The molecule has 0 aliphatic carbocycles. The summed E-state index contributed by atoms with van der Waals surface area (Å²) < 4.78 is 25.4. The Morgan fingerprint density at radius 1 is 1.42 bits per heavy atom. The second kappa shape index (κ2) is 7.47. The van der Waals surface area contributed by atoms with Crippen molar-refractivity contribution in [2.24, 2.45) is 0 Å². The number of rotatable bonds is 7. The van der Waals surface area contributed by atoms with Crippen LogP contribution in [-0.2, 0) is 21.2 Å². The zero-order valence-electron chi connectivity index (χ0n) is 14.9. The molecule has 1 aliphatic heterocycles. The quantitative estimate of drug-likeness (QED) is 0.740. The number of aryl methyl sites for hydroxylation is 1. The Labute approximate surface area is 148 Å². The van der Waals surface area contributed by atoms with Gasteiger partial charge in [-0.3, -0.25) is 4.79 Å². The number of nitrogens with one attached hydrogen (secondary N) is 1. The molecule has 1 N–H and O–H groups in total. The lowest BCUT2D eigenvalue weighted by atomic mass is 10.0. The minimum Gasteiger partial charge on any atom is -0.349 e. The molecule has 0 bridgehead atoms. The highest BCUT2D eigenvalue weighted by atomic mass is 32.2. The second-order valence-corrected chi connectivity index (χ2v) is 9.94. The standard InChI is InChI=1S/C16H27N3O3S2/c1-5-6-8-19-13(3)12(2)17-15(19)23-10-14(20)18-16(4)7-9-24(21,22)11-16/h5-11H2,1-4H3,(H,18,20)/t16-/m1/s1. The van der Waals surface area contributed by atoms with Crippen LogP contribution in [0.1, 0.15) is 44.5 Å². The second-order valence-electron chi connectivity index (χ2n) is 6.81. The molecule has 0 radical (unpaired) electrons. The molecule has 0 unspecified atom stereocenters. The van der Waals surface area contributed by atoms with E-state index in [1.165, 1.54) is 11.8 Å². The molecular weight excluding hydrogens is 346 g/mol. The third-order valence-electron chi connectivity index (χ3n) is 4.43. The summed E-state index contributed by atoms with van der Waals surface area (Å²) in [4.78, 5) is 16.8. The van der Waals surface area contributed by atoms with Crippen molar-refractivity contribution in [2.75, 3.05) is 17.3 Å². The van der Waals surface area contributed by atoms with Crippen LogP contribution in [0.2, 0.25) is 0 Å². The summed E-state index contributed by atoms with van der Waals surface area (Å²) in [7, 11) is -3.02. The van der Waals surface area contributed by atoms with Gasteiger partial charge in [-0.05, 0) is 33.6 Å². The van der Waals surface area contributed by atoms with Gasteiger partial charge in [0, 0.05) is 12.2 Å². The van der Waals surface area contributed by atoms with Crippen LogP contribution in [0, 0.1) is 13.8 Å². The van der Waals surface area contributed by atoms with E-state index in [0.717, 1.165) is 35.9 Å². The van der Waals surface area contributed by atoms with Crippen molar-refractivity contribution in [3.63, 3.8) is 0 Å². The molecule has 8 heteroatoms. The number of hydrogen-bond acceptors (Lipinski definition) is 5. The predicted molar refractivity (Wildman–Crippen MR) is 97.2 cm³/mol. The summed E-state index contributed by atoms with van der Waals surface area (Å²) in [5, 5.41) is 3.75. The first-order chi connectivity index (χ1) is 11.2. The largest absolute Gasteiger partial charge is 0.349 e. The normalized spacial score (nSPS) is 22.7. The number of carbonyl (C=O) groups is 1. The molecule has 2 rings (SSSR count). The van der Waals surface area contributed by atoms with E-state index >= 15 is 0 Å². The van der Waals surface area contributed by atoms with Gasteiger partial charge < -0.3 is 9.88 Å². The van der Waals surface area contributed by atoms with Gasteiger partial charge >= 0.3 is 0 Å². The van der Waals surface area contributed by atoms with E-state index in [1.54, 1.807) is 6.92 Å². The van der Waals surface area contributed by atoms with Gasteiger partial charge in [0.25, 0.3) is 0 Å². The molecule has 1 fully saturated rings. The minimum absolute atomic E-state index is 0.0275. The molecule has 1 amide bonds. The average molecular weight is 374 g/mol. The Morgan fingerprint density at radius 3 is 2.71 bits per heavy atom. The summed E-state index contributed by atoms with van der Waals surface area (Å²) in [5.74, 6) is 0.286. The third-order valence-corrected chi connectivity index (χ3v) is 7.31. The molecule has 1 aromatic heterocycles. The fraction of sp³-hybridized carbons (Fsp3) is 0.750.